The number of hydrogen-bond acceptors (Lipinski definition) is 0. The fraction of sp³-hybridized carbons (Fsp3) is 0.143. The Morgan fingerprint density at radius 1 is 1.15 bits per heavy atom. The van der Waals surface area contributed by atoms with Crippen molar-refractivity contribution in [1.82, 2.24) is 0 Å². The molecule has 0 N–H and O–H groups in total. The first-order valence-electron chi connectivity index (χ1n) is 3.30. The lowest BCUT2D eigenvalue weighted by Crippen LogP contribution is -2.04. The quantitative estimate of drug-likeness (QED) is 0.605. The minimum atomic E-state index is -8.49. The maximum atomic E-state index is 12.6. The van der Waals surface area contributed by atoms with E-state index in [1.165, 1.54) is 13.0 Å². The predicted molar refractivity (Wildman–Crippen MR) is 47.3 cm³/mol. The first kappa shape index (κ1) is 10.7. The standard InChI is InChI=1S/C7H7ClF4S/c1-6-3-2-4-7(5-6)13(8,9,10,11)12/h2-5H,1H3. The van der Waals surface area contributed by atoms with Crippen LogP contribution in [0.25, 0.3) is 0 Å². The smallest absolute Gasteiger partial charge is 0.107 e. The zero-order valence-electron chi connectivity index (χ0n) is 6.61. The van der Waals surface area contributed by atoms with Gasteiger partial charge in [0.1, 0.15) is 0 Å². The molecule has 1 aromatic carbocycles. The van der Waals surface area contributed by atoms with Crippen LogP contribution in [0, 0.1) is 6.92 Å². The van der Waals surface area contributed by atoms with Gasteiger partial charge < -0.3 is 0 Å². The highest BCUT2D eigenvalue weighted by Gasteiger charge is 2.62. The fourth-order valence-electron chi connectivity index (χ4n) is 0.855. The Morgan fingerprint density at radius 2 is 1.69 bits per heavy atom. The van der Waals surface area contributed by atoms with E-state index in [0.717, 1.165) is 6.07 Å². The zero-order valence-corrected chi connectivity index (χ0v) is 8.18. The highest BCUT2D eigenvalue weighted by atomic mass is 35.7. The van der Waals surface area contributed by atoms with Crippen LogP contribution < -0.4 is 0 Å². The molecule has 0 aliphatic rings. The summed E-state index contributed by atoms with van der Waals surface area (Å²) < 4.78 is 50.2. The van der Waals surface area contributed by atoms with Crippen molar-refractivity contribution in [2.24, 2.45) is 0 Å². The Kier molecular flexibility index (Phi) is 1.76. The molecule has 0 radical (unpaired) electrons. The van der Waals surface area contributed by atoms with Gasteiger partial charge in [0.2, 0.25) is 0 Å². The van der Waals surface area contributed by atoms with Gasteiger partial charge in [-0.1, -0.05) is 12.1 Å². The van der Waals surface area contributed by atoms with E-state index in [1.54, 1.807) is 0 Å². The van der Waals surface area contributed by atoms with E-state index in [-0.39, 0.29) is 0 Å². The molecule has 0 saturated carbocycles. The SMILES string of the molecule is Cc1cccc(S(F)(F)(F)(F)Cl)c1. The summed E-state index contributed by atoms with van der Waals surface area (Å²) >= 11 is 0. The molecule has 0 nitrogen and oxygen atoms in total. The lowest BCUT2D eigenvalue weighted by atomic mass is 10.2. The van der Waals surface area contributed by atoms with Gasteiger partial charge in [-0.2, -0.15) is 0 Å². The molecule has 6 heteroatoms. The van der Waals surface area contributed by atoms with Crippen molar-refractivity contribution in [1.29, 1.82) is 0 Å². The maximum Gasteiger partial charge on any atom is 0.253 e. The number of halogens is 5. The van der Waals surface area contributed by atoms with Gasteiger partial charge in [0, 0.05) is 10.7 Å². The van der Waals surface area contributed by atoms with Crippen LogP contribution in [0.5, 0.6) is 0 Å². The predicted octanol–water partition coefficient (Wildman–Crippen LogP) is 4.92. The second-order valence-corrected chi connectivity index (χ2v) is 7.06. The average molecular weight is 235 g/mol. The number of aryl methyl sites for hydroxylation is 1. The van der Waals surface area contributed by atoms with Crippen LogP contribution >= 0.6 is 19.7 Å². The van der Waals surface area contributed by atoms with Gasteiger partial charge in [0.25, 0.3) is 9.05 Å². The van der Waals surface area contributed by atoms with Crippen LogP contribution in [0.3, 0.4) is 0 Å². The molecule has 0 heterocycles. The van der Waals surface area contributed by atoms with E-state index < -0.39 is 13.9 Å². The van der Waals surface area contributed by atoms with Crippen molar-refractivity contribution in [2.75, 3.05) is 0 Å². The Bertz CT molecular complexity index is 342. The van der Waals surface area contributed by atoms with E-state index in [0.29, 0.717) is 17.7 Å². The summed E-state index contributed by atoms with van der Waals surface area (Å²) in [5.74, 6) is 0. The molecule has 0 aliphatic carbocycles. The van der Waals surface area contributed by atoms with Gasteiger partial charge in [-0.25, -0.2) is 0 Å². The minimum Gasteiger partial charge on any atom is -0.107 e. The van der Waals surface area contributed by atoms with Crippen molar-refractivity contribution in [3.63, 3.8) is 0 Å². The van der Waals surface area contributed by atoms with Gasteiger partial charge in [0.15, 0.2) is 0 Å². The molecular weight excluding hydrogens is 228 g/mol. The summed E-state index contributed by atoms with van der Waals surface area (Å²) in [5.41, 5.74) is 0.314. The lowest BCUT2D eigenvalue weighted by Gasteiger charge is -2.42. The molecule has 0 fully saturated rings. The topological polar surface area (TPSA) is 0 Å². The molecule has 1 aromatic rings. The van der Waals surface area contributed by atoms with Crippen LogP contribution in [-0.4, -0.2) is 0 Å². The van der Waals surface area contributed by atoms with Crippen LogP contribution in [-0.2, 0) is 0 Å². The van der Waals surface area contributed by atoms with Gasteiger partial charge >= 0.3 is 0 Å². The zero-order chi connectivity index (χ0) is 10.4. The van der Waals surface area contributed by atoms with Gasteiger partial charge in [-0.15, -0.1) is 15.5 Å². The van der Waals surface area contributed by atoms with Crippen molar-refractivity contribution in [3.05, 3.63) is 29.8 Å². The molecule has 1 rings (SSSR count). The fourth-order valence-corrected chi connectivity index (χ4v) is 1.89. The Labute approximate surface area is 77.4 Å². The molecule has 0 spiro atoms. The molecule has 0 unspecified atom stereocenters. The van der Waals surface area contributed by atoms with Gasteiger partial charge in [0.05, 0.1) is 4.90 Å². The Hall–Kier alpha value is -0.420. The molecule has 0 bridgehead atoms. The van der Waals surface area contributed by atoms with Crippen LogP contribution in [0.1, 0.15) is 5.56 Å². The van der Waals surface area contributed by atoms with Crippen LogP contribution in [0.2, 0.25) is 0 Å². The molecule has 0 aromatic heterocycles. The highest BCUT2D eigenvalue weighted by molar-refractivity contribution is 8.65. The first-order chi connectivity index (χ1) is 5.49. The van der Waals surface area contributed by atoms with E-state index in [1.807, 2.05) is 0 Å². The third kappa shape index (κ3) is 2.77. The average Bonchev–Trinajstić information content (AvgIpc) is 1.82. The largest absolute Gasteiger partial charge is 0.253 e. The number of rotatable bonds is 1. The monoisotopic (exact) mass is 234 g/mol. The third-order valence-electron chi connectivity index (χ3n) is 1.43. The maximum absolute atomic E-state index is 12.6. The van der Waals surface area contributed by atoms with Crippen molar-refractivity contribution in [3.8, 4) is 0 Å². The molecule has 13 heavy (non-hydrogen) atoms. The Morgan fingerprint density at radius 3 is 2.00 bits per heavy atom. The summed E-state index contributed by atoms with van der Waals surface area (Å²) in [6, 6.07) is 3.87. The molecule has 0 saturated heterocycles. The number of benzene rings is 1. The van der Waals surface area contributed by atoms with Gasteiger partial charge in [-0.3, -0.25) is 0 Å². The molecule has 0 aliphatic heterocycles. The normalized spacial score (nSPS) is 17.7. The minimum absolute atomic E-state index is 0.314. The van der Waals surface area contributed by atoms with Crippen LogP contribution in [0.15, 0.2) is 29.2 Å². The van der Waals surface area contributed by atoms with Crippen molar-refractivity contribution >= 4 is 19.7 Å². The Balaban J connectivity index is 3.41. The summed E-state index contributed by atoms with van der Waals surface area (Å²) in [6.45, 7) is 1.43. The second-order valence-electron chi connectivity index (χ2n) is 2.79. The van der Waals surface area contributed by atoms with Crippen LogP contribution in [0.4, 0.5) is 15.5 Å². The number of hydrogen-bond donors (Lipinski definition) is 0. The summed E-state index contributed by atoms with van der Waals surface area (Å²) in [7, 11) is -4.40. The lowest BCUT2D eigenvalue weighted by molar-refractivity contribution is 0.480. The first-order valence-corrected chi connectivity index (χ1v) is 6.17. The van der Waals surface area contributed by atoms with Gasteiger partial charge in [-0.05, 0) is 24.6 Å². The van der Waals surface area contributed by atoms with E-state index in [2.05, 4.69) is 10.7 Å². The molecule has 0 atom stereocenters. The van der Waals surface area contributed by atoms with Crippen molar-refractivity contribution in [2.45, 2.75) is 11.8 Å². The summed E-state index contributed by atoms with van der Waals surface area (Å²) in [5, 5.41) is 0. The summed E-state index contributed by atoms with van der Waals surface area (Å²) in [6.07, 6.45) is 0. The molecule has 0 amide bonds. The second kappa shape index (κ2) is 2.15. The van der Waals surface area contributed by atoms with E-state index in [9.17, 15) is 15.5 Å². The third-order valence-corrected chi connectivity index (χ3v) is 3.11. The molecular formula is C7H7ClF4S. The highest BCUT2D eigenvalue weighted by Crippen LogP contribution is 3.04. The van der Waals surface area contributed by atoms with E-state index in [4.69, 9.17) is 0 Å². The van der Waals surface area contributed by atoms with Crippen molar-refractivity contribution < 1.29 is 15.5 Å². The van der Waals surface area contributed by atoms with E-state index >= 15 is 0 Å². The summed E-state index contributed by atoms with van der Waals surface area (Å²) in [4.78, 5) is -1.40. The molecule has 76 valence electrons.